The van der Waals surface area contributed by atoms with Gasteiger partial charge in [0.25, 0.3) is 5.91 Å². The van der Waals surface area contributed by atoms with Crippen molar-refractivity contribution in [2.75, 3.05) is 19.8 Å². The number of nitrogens with two attached hydrogens (primary N) is 1. The van der Waals surface area contributed by atoms with E-state index in [0.717, 1.165) is 5.56 Å². The van der Waals surface area contributed by atoms with Gasteiger partial charge in [0.2, 0.25) is 0 Å². The molecule has 0 unspecified atom stereocenters. The van der Waals surface area contributed by atoms with E-state index in [0.29, 0.717) is 27.8 Å². The minimum atomic E-state index is -0.110. The van der Waals surface area contributed by atoms with Gasteiger partial charge in [-0.05, 0) is 42.8 Å². The minimum Gasteiger partial charge on any atom is -0.454 e. The molecule has 0 aliphatic carbocycles. The standard InChI is InChI=1S/C16H17ClN2O2/c1-10-4-6-14(12(17)8-10)21-15-7-5-11(9-13(15)18)16(20)19(2)3/h4-9H,18H2,1-3H3. The van der Waals surface area contributed by atoms with Gasteiger partial charge in [0.15, 0.2) is 0 Å². The second-order valence-corrected chi connectivity index (χ2v) is 5.40. The summed E-state index contributed by atoms with van der Waals surface area (Å²) in [5.74, 6) is 0.887. The molecule has 0 atom stereocenters. The molecule has 1 amide bonds. The van der Waals surface area contributed by atoms with Gasteiger partial charge >= 0.3 is 0 Å². The van der Waals surface area contributed by atoms with E-state index in [9.17, 15) is 4.79 Å². The van der Waals surface area contributed by atoms with Crippen LogP contribution in [-0.4, -0.2) is 24.9 Å². The van der Waals surface area contributed by atoms with Crippen molar-refractivity contribution in [1.29, 1.82) is 0 Å². The molecule has 0 radical (unpaired) electrons. The molecular weight excluding hydrogens is 288 g/mol. The highest BCUT2D eigenvalue weighted by Crippen LogP contribution is 2.33. The molecule has 5 heteroatoms. The zero-order valence-electron chi connectivity index (χ0n) is 12.2. The van der Waals surface area contributed by atoms with Gasteiger partial charge in [0, 0.05) is 19.7 Å². The SMILES string of the molecule is Cc1ccc(Oc2ccc(C(=O)N(C)C)cc2N)c(Cl)c1. The predicted molar refractivity (Wildman–Crippen MR) is 85.1 cm³/mol. The zero-order valence-corrected chi connectivity index (χ0v) is 12.9. The van der Waals surface area contributed by atoms with Crippen LogP contribution in [0.2, 0.25) is 5.02 Å². The molecule has 2 rings (SSSR count). The molecule has 4 nitrogen and oxygen atoms in total. The maximum absolute atomic E-state index is 11.9. The van der Waals surface area contributed by atoms with Crippen LogP contribution in [0.4, 0.5) is 5.69 Å². The van der Waals surface area contributed by atoms with Crippen molar-refractivity contribution in [1.82, 2.24) is 4.90 Å². The Balaban J connectivity index is 2.27. The Morgan fingerprint density at radius 1 is 1.14 bits per heavy atom. The minimum absolute atomic E-state index is 0.110. The van der Waals surface area contributed by atoms with E-state index in [2.05, 4.69) is 0 Å². The van der Waals surface area contributed by atoms with Crippen LogP contribution >= 0.6 is 11.6 Å². The highest BCUT2D eigenvalue weighted by molar-refractivity contribution is 6.32. The van der Waals surface area contributed by atoms with Crippen LogP contribution in [0.1, 0.15) is 15.9 Å². The molecule has 0 aliphatic rings. The third kappa shape index (κ3) is 3.47. The summed E-state index contributed by atoms with van der Waals surface area (Å²) in [5.41, 5.74) is 7.90. The zero-order chi connectivity index (χ0) is 15.6. The molecule has 0 saturated heterocycles. The first-order chi connectivity index (χ1) is 9.88. The number of halogens is 1. The first kappa shape index (κ1) is 15.2. The third-order valence-electron chi connectivity index (χ3n) is 2.97. The summed E-state index contributed by atoms with van der Waals surface area (Å²) in [6.07, 6.45) is 0. The van der Waals surface area contributed by atoms with E-state index in [1.165, 1.54) is 4.90 Å². The Morgan fingerprint density at radius 3 is 2.38 bits per heavy atom. The van der Waals surface area contributed by atoms with Crippen molar-refractivity contribution in [2.24, 2.45) is 0 Å². The van der Waals surface area contributed by atoms with E-state index in [1.807, 2.05) is 19.1 Å². The molecule has 2 N–H and O–H groups in total. The van der Waals surface area contributed by atoms with Crippen molar-refractivity contribution in [3.05, 3.63) is 52.5 Å². The Kier molecular flexibility index (Phi) is 4.38. The largest absolute Gasteiger partial charge is 0.454 e. The fraction of sp³-hybridized carbons (Fsp3) is 0.188. The van der Waals surface area contributed by atoms with Crippen LogP contribution in [0, 0.1) is 6.92 Å². The smallest absolute Gasteiger partial charge is 0.253 e. The number of benzene rings is 2. The lowest BCUT2D eigenvalue weighted by Gasteiger charge is -2.13. The van der Waals surface area contributed by atoms with E-state index in [-0.39, 0.29) is 5.91 Å². The van der Waals surface area contributed by atoms with E-state index >= 15 is 0 Å². The first-order valence-electron chi connectivity index (χ1n) is 6.43. The van der Waals surface area contributed by atoms with Crippen LogP contribution in [0.15, 0.2) is 36.4 Å². The Morgan fingerprint density at radius 2 is 1.81 bits per heavy atom. The topological polar surface area (TPSA) is 55.6 Å². The molecule has 0 bridgehead atoms. The summed E-state index contributed by atoms with van der Waals surface area (Å²) in [6, 6.07) is 10.5. The molecular formula is C16H17ClN2O2. The molecule has 2 aromatic carbocycles. The normalized spacial score (nSPS) is 10.3. The number of hydrogen-bond acceptors (Lipinski definition) is 3. The summed E-state index contributed by atoms with van der Waals surface area (Å²) < 4.78 is 5.71. The number of amides is 1. The molecule has 2 aromatic rings. The molecule has 0 fully saturated rings. The quantitative estimate of drug-likeness (QED) is 0.879. The number of nitrogens with zero attached hydrogens (tertiary/aromatic N) is 1. The average Bonchev–Trinajstić information content (AvgIpc) is 2.42. The molecule has 0 aromatic heterocycles. The number of hydrogen-bond donors (Lipinski definition) is 1. The van der Waals surface area contributed by atoms with Crippen LogP contribution in [0.25, 0.3) is 0 Å². The highest BCUT2D eigenvalue weighted by Gasteiger charge is 2.12. The molecule has 0 spiro atoms. The maximum Gasteiger partial charge on any atom is 0.253 e. The Hall–Kier alpha value is -2.20. The predicted octanol–water partition coefficient (Wildman–Crippen LogP) is 3.72. The summed E-state index contributed by atoms with van der Waals surface area (Å²) in [6.45, 7) is 1.95. The second-order valence-electron chi connectivity index (χ2n) is 4.99. The Labute approximate surface area is 129 Å². The fourth-order valence-electron chi connectivity index (χ4n) is 1.84. The van der Waals surface area contributed by atoms with Crippen molar-refractivity contribution in [3.63, 3.8) is 0 Å². The van der Waals surface area contributed by atoms with Gasteiger partial charge < -0.3 is 15.4 Å². The lowest BCUT2D eigenvalue weighted by molar-refractivity contribution is 0.0827. The van der Waals surface area contributed by atoms with Gasteiger partial charge in [-0.3, -0.25) is 4.79 Å². The van der Waals surface area contributed by atoms with Crippen LogP contribution in [0.5, 0.6) is 11.5 Å². The Bertz CT molecular complexity index is 684. The number of carbonyl (C=O) groups is 1. The highest BCUT2D eigenvalue weighted by atomic mass is 35.5. The summed E-state index contributed by atoms with van der Waals surface area (Å²) in [5, 5.41) is 0.517. The van der Waals surface area contributed by atoms with Crippen molar-refractivity contribution >= 4 is 23.2 Å². The lowest BCUT2D eigenvalue weighted by atomic mass is 10.1. The monoisotopic (exact) mass is 304 g/mol. The van der Waals surface area contributed by atoms with Gasteiger partial charge in [-0.25, -0.2) is 0 Å². The number of carbonyl (C=O) groups excluding carboxylic acids is 1. The van der Waals surface area contributed by atoms with Crippen LogP contribution < -0.4 is 10.5 Å². The second kappa shape index (κ2) is 6.06. The van der Waals surface area contributed by atoms with Crippen molar-refractivity contribution < 1.29 is 9.53 Å². The number of aryl methyl sites for hydroxylation is 1. The van der Waals surface area contributed by atoms with E-state index in [1.54, 1.807) is 38.4 Å². The van der Waals surface area contributed by atoms with Gasteiger partial charge in [-0.2, -0.15) is 0 Å². The van der Waals surface area contributed by atoms with Crippen molar-refractivity contribution in [3.8, 4) is 11.5 Å². The first-order valence-corrected chi connectivity index (χ1v) is 6.81. The average molecular weight is 305 g/mol. The van der Waals surface area contributed by atoms with Gasteiger partial charge in [0.05, 0.1) is 10.7 Å². The summed E-state index contributed by atoms with van der Waals surface area (Å²) in [4.78, 5) is 13.4. The van der Waals surface area contributed by atoms with Crippen LogP contribution in [0.3, 0.4) is 0 Å². The molecule has 0 saturated carbocycles. The number of ether oxygens (including phenoxy) is 1. The number of anilines is 1. The fourth-order valence-corrected chi connectivity index (χ4v) is 2.11. The molecule has 0 heterocycles. The van der Waals surface area contributed by atoms with Gasteiger partial charge in [0.1, 0.15) is 11.5 Å². The summed E-state index contributed by atoms with van der Waals surface area (Å²) in [7, 11) is 3.38. The van der Waals surface area contributed by atoms with Crippen molar-refractivity contribution in [2.45, 2.75) is 6.92 Å². The third-order valence-corrected chi connectivity index (χ3v) is 3.27. The van der Waals surface area contributed by atoms with E-state index in [4.69, 9.17) is 22.1 Å². The summed E-state index contributed by atoms with van der Waals surface area (Å²) >= 11 is 6.13. The number of rotatable bonds is 3. The molecule has 0 aliphatic heterocycles. The maximum atomic E-state index is 11.9. The molecule has 110 valence electrons. The number of nitrogen functional groups attached to an aromatic ring is 1. The van der Waals surface area contributed by atoms with Crippen LogP contribution in [-0.2, 0) is 0 Å². The molecule has 21 heavy (non-hydrogen) atoms. The van der Waals surface area contributed by atoms with Gasteiger partial charge in [-0.15, -0.1) is 0 Å². The van der Waals surface area contributed by atoms with E-state index < -0.39 is 0 Å². The lowest BCUT2D eigenvalue weighted by Crippen LogP contribution is -2.21. The van der Waals surface area contributed by atoms with Gasteiger partial charge in [-0.1, -0.05) is 17.7 Å².